The first kappa shape index (κ1) is 13.7. The minimum absolute atomic E-state index is 0.103. The smallest absolute Gasteiger partial charge is 0.126 e. The van der Waals surface area contributed by atoms with Crippen molar-refractivity contribution in [1.82, 2.24) is 0 Å². The number of nitrogens with one attached hydrogen (secondary N) is 1. The van der Waals surface area contributed by atoms with Crippen molar-refractivity contribution in [2.24, 2.45) is 0 Å². The van der Waals surface area contributed by atoms with Crippen molar-refractivity contribution >= 4 is 16.5 Å². The number of nitrogens with zero attached hydrogens (tertiary/aromatic N) is 1. The molecule has 0 aliphatic rings. The summed E-state index contributed by atoms with van der Waals surface area (Å²) in [6.45, 7) is 2.51. The van der Waals surface area contributed by atoms with Gasteiger partial charge in [0.05, 0.1) is 11.6 Å². The zero-order valence-corrected chi connectivity index (χ0v) is 10.7. The van der Waals surface area contributed by atoms with E-state index in [9.17, 15) is 8.60 Å². The number of anilines is 1. The Hall–Kier alpha value is -1.41. The molecular formula is C12H15FN2OS. The summed E-state index contributed by atoms with van der Waals surface area (Å²) in [5, 5.41) is 11.8. The average Bonchev–Trinajstić information content (AvgIpc) is 2.27. The van der Waals surface area contributed by atoms with Crippen molar-refractivity contribution < 1.29 is 8.60 Å². The lowest BCUT2D eigenvalue weighted by atomic mass is 10.2. The van der Waals surface area contributed by atoms with Crippen LogP contribution in [0.5, 0.6) is 0 Å². The maximum Gasteiger partial charge on any atom is 0.126 e. The molecule has 0 heterocycles. The van der Waals surface area contributed by atoms with Gasteiger partial charge in [-0.15, -0.1) is 0 Å². The Kier molecular flexibility index (Phi) is 5.11. The van der Waals surface area contributed by atoms with E-state index in [1.165, 1.54) is 12.1 Å². The monoisotopic (exact) mass is 254 g/mol. The number of hydrogen-bond acceptors (Lipinski definition) is 3. The molecule has 2 unspecified atom stereocenters. The van der Waals surface area contributed by atoms with Crippen LogP contribution >= 0.6 is 0 Å². The number of halogens is 1. The first-order chi connectivity index (χ1) is 8.02. The van der Waals surface area contributed by atoms with Gasteiger partial charge < -0.3 is 5.32 Å². The van der Waals surface area contributed by atoms with E-state index in [2.05, 4.69) is 5.32 Å². The molecule has 0 aromatic heterocycles. The average molecular weight is 254 g/mol. The molecule has 0 amide bonds. The lowest BCUT2D eigenvalue weighted by Gasteiger charge is -2.10. The summed E-state index contributed by atoms with van der Waals surface area (Å²) in [5.74, 6) is -0.432. The summed E-state index contributed by atoms with van der Waals surface area (Å²) in [4.78, 5) is 0. The highest BCUT2D eigenvalue weighted by Gasteiger charge is 2.06. The molecule has 92 valence electrons. The van der Waals surface area contributed by atoms with E-state index in [1.807, 2.05) is 13.0 Å². The van der Waals surface area contributed by atoms with Gasteiger partial charge in [-0.1, -0.05) is 6.92 Å². The van der Waals surface area contributed by atoms with Crippen LogP contribution in [0.1, 0.15) is 18.9 Å². The van der Waals surface area contributed by atoms with Gasteiger partial charge in [0.2, 0.25) is 0 Å². The van der Waals surface area contributed by atoms with Gasteiger partial charge in [0.15, 0.2) is 0 Å². The van der Waals surface area contributed by atoms with Crippen LogP contribution < -0.4 is 5.32 Å². The van der Waals surface area contributed by atoms with Crippen LogP contribution in [-0.4, -0.2) is 22.3 Å². The van der Waals surface area contributed by atoms with Crippen LogP contribution in [0.3, 0.4) is 0 Å². The Bertz CT molecular complexity index is 456. The van der Waals surface area contributed by atoms with E-state index in [0.717, 1.165) is 6.42 Å². The van der Waals surface area contributed by atoms with Gasteiger partial charge in [-0.3, -0.25) is 4.21 Å². The fourth-order valence-electron chi connectivity index (χ4n) is 1.34. The molecule has 1 aromatic carbocycles. The van der Waals surface area contributed by atoms with Crippen molar-refractivity contribution in [3.05, 3.63) is 29.6 Å². The van der Waals surface area contributed by atoms with Crippen LogP contribution in [0, 0.1) is 17.1 Å². The van der Waals surface area contributed by atoms with Crippen LogP contribution in [0.2, 0.25) is 0 Å². The Morgan fingerprint density at radius 3 is 2.82 bits per heavy atom. The van der Waals surface area contributed by atoms with Gasteiger partial charge in [0, 0.05) is 34.5 Å². The molecule has 0 radical (unpaired) electrons. The lowest BCUT2D eigenvalue weighted by molar-refractivity contribution is 0.627. The molecular weight excluding hydrogens is 239 g/mol. The predicted molar refractivity (Wildman–Crippen MR) is 67.8 cm³/mol. The van der Waals surface area contributed by atoms with Crippen molar-refractivity contribution in [1.29, 1.82) is 5.26 Å². The molecule has 1 N–H and O–H groups in total. The van der Waals surface area contributed by atoms with Gasteiger partial charge in [0.25, 0.3) is 0 Å². The maximum absolute atomic E-state index is 13.1. The van der Waals surface area contributed by atoms with Gasteiger partial charge in [-0.2, -0.15) is 5.26 Å². The fraction of sp³-hybridized carbons (Fsp3) is 0.417. The van der Waals surface area contributed by atoms with Crippen LogP contribution in [0.25, 0.3) is 0 Å². The second-order valence-electron chi connectivity index (χ2n) is 3.87. The number of hydrogen-bond donors (Lipinski definition) is 1. The molecule has 5 heteroatoms. The van der Waals surface area contributed by atoms with Crippen molar-refractivity contribution in [3.63, 3.8) is 0 Å². The number of benzene rings is 1. The summed E-state index contributed by atoms with van der Waals surface area (Å²) in [6, 6.07) is 6.02. The predicted octanol–water partition coefficient (Wildman–Crippen LogP) is 2.27. The van der Waals surface area contributed by atoms with Crippen molar-refractivity contribution in [3.8, 4) is 6.07 Å². The second-order valence-corrected chi connectivity index (χ2v) is 5.67. The molecule has 0 fully saturated rings. The zero-order valence-electron chi connectivity index (χ0n) is 9.87. The van der Waals surface area contributed by atoms with E-state index in [0.29, 0.717) is 17.8 Å². The minimum Gasteiger partial charge on any atom is -0.385 e. The SMILES string of the molecule is CC(CCNc1cc(F)cc(C#N)c1)S(C)=O. The topological polar surface area (TPSA) is 52.9 Å². The molecule has 1 rings (SSSR count). The summed E-state index contributed by atoms with van der Waals surface area (Å²) < 4.78 is 24.2. The second kappa shape index (κ2) is 6.36. The Morgan fingerprint density at radius 2 is 2.24 bits per heavy atom. The van der Waals surface area contributed by atoms with E-state index in [-0.39, 0.29) is 5.25 Å². The van der Waals surface area contributed by atoms with Crippen molar-refractivity contribution in [2.45, 2.75) is 18.6 Å². The molecule has 0 spiro atoms. The third kappa shape index (κ3) is 4.53. The third-order valence-corrected chi connectivity index (χ3v) is 3.84. The molecule has 0 aliphatic carbocycles. The molecule has 0 bridgehead atoms. The van der Waals surface area contributed by atoms with E-state index >= 15 is 0 Å². The number of nitriles is 1. The van der Waals surface area contributed by atoms with E-state index in [4.69, 9.17) is 5.26 Å². The molecule has 3 nitrogen and oxygen atoms in total. The van der Waals surface area contributed by atoms with Crippen LogP contribution in [-0.2, 0) is 10.8 Å². The Balaban J connectivity index is 2.55. The highest BCUT2D eigenvalue weighted by atomic mass is 32.2. The summed E-state index contributed by atoms with van der Waals surface area (Å²) in [7, 11) is -0.845. The Morgan fingerprint density at radius 1 is 1.53 bits per heavy atom. The van der Waals surface area contributed by atoms with Crippen LogP contribution in [0.15, 0.2) is 18.2 Å². The third-order valence-electron chi connectivity index (χ3n) is 2.47. The molecule has 0 aliphatic heterocycles. The highest BCUT2D eigenvalue weighted by molar-refractivity contribution is 7.84. The quantitative estimate of drug-likeness (QED) is 0.877. The normalized spacial score (nSPS) is 13.8. The largest absolute Gasteiger partial charge is 0.385 e. The summed E-state index contributed by atoms with van der Waals surface area (Å²) in [5.41, 5.74) is 0.871. The molecule has 0 saturated heterocycles. The molecule has 1 aromatic rings. The van der Waals surface area contributed by atoms with Gasteiger partial charge in [0.1, 0.15) is 5.82 Å². The first-order valence-electron chi connectivity index (χ1n) is 5.29. The van der Waals surface area contributed by atoms with Crippen molar-refractivity contribution in [2.75, 3.05) is 18.1 Å². The van der Waals surface area contributed by atoms with Crippen LogP contribution in [0.4, 0.5) is 10.1 Å². The summed E-state index contributed by atoms with van der Waals surface area (Å²) >= 11 is 0. The summed E-state index contributed by atoms with van der Waals surface area (Å²) in [6.07, 6.45) is 2.40. The van der Waals surface area contributed by atoms with Gasteiger partial charge in [-0.05, 0) is 24.6 Å². The van der Waals surface area contributed by atoms with Gasteiger partial charge >= 0.3 is 0 Å². The fourth-order valence-corrected chi connectivity index (χ4v) is 1.79. The maximum atomic E-state index is 13.1. The lowest BCUT2D eigenvalue weighted by Crippen LogP contribution is -2.14. The van der Waals surface area contributed by atoms with E-state index < -0.39 is 16.6 Å². The molecule has 2 atom stereocenters. The zero-order chi connectivity index (χ0) is 12.8. The first-order valence-corrected chi connectivity index (χ1v) is 6.92. The number of rotatable bonds is 5. The standard InChI is InChI=1S/C12H15FN2OS/c1-9(17(2)16)3-4-15-12-6-10(8-14)5-11(13)7-12/h5-7,9,15H,3-4H2,1-2H3. The molecule has 0 saturated carbocycles. The van der Waals surface area contributed by atoms with Gasteiger partial charge in [-0.25, -0.2) is 4.39 Å². The Labute approximate surface area is 103 Å². The van der Waals surface area contributed by atoms with E-state index in [1.54, 1.807) is 12.3 Å². The molecule has 17 heavy (non-hydrogen) atoms. The highest BCUT2D eigenvalue weighted by Crippen LogP contribution is 2.13. The minimum atomic E-state index is -0.845.